The highest BCUT2D eigenvalue weighted by Crippen LogP contribution is 2.45. The number of fused-ring (bicyclic) bond motifs is 3. The van der Waals surface area contributed by atoms with E-state index in [1.54, 1.807) is 0 Å². The molecule has 188 valence electrons. The van der Waals surface area contributed by atoms with E-state index in [1.165, 1.54) is 10.4 Å². The highest BCUT2D eigenvalue weighted by Gasteiger charge is 2.62. The smallest absolute Gasteiger partial charge is 0.261 e. The van der Waals surface area contributed by atoms with Crippen LogP contribution in [0.1, 0.15) is 47.5 Å². The Bertz CT molecular complexity index is 1010. The molecule has 0 radical (unpaired) electrons. The molecule has 0 aromatic heterocycles. The Morgan fingerprint density at radius 3 is 2.09 bits per heavy atom. The van der Waals surface area contributed by atoms with E-state index in [2.05, 4.69) is 69.3 Å². The minimum Gasteiger partial charge on any atom is -0.405 e. The Hall–Kier alpha value is -2.03. The average molecular weight is 496 g/mol. The lowest BCUT2D eigenvalue weighted by atomic mass is 9.96. The van der Waals surface area contributed by atoms with Crippen LogP contribution in [0.4, 0.5) is 0 Å². The molecule has 0 bridgehead atoms. The van der Waals surface area contributed by atoms with E-state index in [4.69, 9.17) is 13.9 Å². The third-order valence-electron chi connectivity index (χ3n) is 7.78. The van der Waals surface area contributed by atoms with E-state index in [-0.39, 0.29) is 29.2 Å². The van der Waals surface area contributed by atoms with Gasteiger partial charge in [-0.2, -0.15) is 0 Å². The Morgan fingerprint density at radius 1 is 1.00 bits per heavy atom. The maximum Gasteiger partial charge on any atom is 0.261 e. The van der Waals surface area contributed by atoms with Crippen molar-refractivity contribution in [2.45, 2.75) is 88.7 Å². The Morgan fingerprint density at radius 2 is 1.54 bits per heavy atom. The fourth-order valence-corrected chi connectivity index (χ4v) is 11.0. The van der Waals surface area contributed by atoms with E-state index < -0.39 is 26.3 Å². The summed E-state index contributed by atoms with van der Waals surface area (Å²) in [7, 11) is -2.79. The lowest BCUT2D eigenvalue weighted by Gasteiger charge is -2.45. The van der Waals surface area contributed by atoms with Crippen molar-refractivity contribution in [3.63, 3.8) is 0 Å². The van der Waals surface area contributed by atoms with Gasteiger partial charge in [0.05, 0.1) is 24.8 Å². The van der Waals surface area contributed by atoms with Crippen molar-refractivity contribution in [1.82, 2.24) is 4.90 Å². The predicted molar refractivity (Wildman–Crippen MR) is 137 cm³/mol. The van der Waals surface area contributed by atoms with Gasteiger partial charge in [-0.3, -0.25) is 4.79 Å². The Labute approximate surface area is 209 Å². The van der Waals surface area contributed by atoms with Gasteiger partial charge in [-0.1, -0.05) is 81.4 Å². The monoisotopic (exact) mass is 495 g/mol. The van der Waals surface area contributed by atoms with Gasteiger partial charge in [-0.05, 0) is 35.7 Å². The molecule has 0 aliphatic carbocycles. The molecule has 3 heterocycles. The summed E-state index contributed by atoms with van der Waals surface area (Å²) >= 11 is 0. The molecule has 7 heteroatoms. The fraction of sp³-hybridized carbons (Fsp3) is 0.536. The van der Waals surface area contributed by atoms with Gasteiger partial charge in [-0.25, -0.2) is 0 Å². The number of ether oxygens (including phenoxy) is 2. The summed E-state index contributed by atoms with van der Waals surface area (Å²) in [5, 5.41) is 13.1. The zero-order valence-electron chi connectivity index (χ0n) is 21.3. The van der Waals surface area contributed by atoms with E-state index >= 15 is 0 Å². The first kappa shape index (κ1) is 24.7. The fourth-order valence-electron chi connectivity index (χ4n) is 6.39. The van der Waals surface area contributed by atoms with Crippen molar-refractivity contribution in [3.05, 3.63) is 60.7 Å². The van der Waals surface area contributed by atoms with Gasteiger partial charge in [-0.15, -0.1) is 0 Å². The summed E-state index contributed by atoms with van der Waals surface area (Å²) in [6.45, 7) is 10.8. The predicted octanol–water partition coefficient (Wildman–Crippen LogP) is 2.82. The molecule has 3 aliphatic rings. The summed E-state index contributed by atoms with van der Waals surface area (Å²) in [6, 6.07) is 20.3. The summed E-state index contributed by atoms with van der Waals surface area (Å²) in [4.78, 5) is 15.0. The molecule has 0 unspecified atom stereocenters. The minimum absolute atomic E-state index is 0.0377. The van der Waals surface area contributed by atoms with Crippen LogP contribution in [0, 0.1) is 0 Å². The molecular formula is C28H37NO5Si. The molecule has 3 fully saturated rings. The zero-order chi connectivity index (χ0) is 25.0. The number of aliphatic hydroxyl groups is 1. The van der Waals surface area contributed by atoms with Crippen molar-refractivity contribution in [1.29, 1.82) is 0 Å². The number of piperidine rings is 1. The summed E-state index contributed by atoms with van der Waals surface area (Å²) < 4.78 is 19.8. The molecule has 5 atom stereocenters. The van der Waals surface area contributed by atoms with Crippen molar-refractivity contribution in [2.75, 3.05) is 6.61 Å². The maximum atomic E-state index is 13.1. The minimum atomic E-state index is -2.79. The zero-order valence-corrected chi connectivity index (χ0v) is 22.3. The normalized spacial score (nSPS) is 30.3. The number of amides is 1. The van der Waals surface area contributed by atoms with Crippen molar-refractivity contribution in [2.24, 2.45) is 0 Å². The summed E-state index contributed by atoms with van der Waals surface area (Å²) in [6.07, 6.45) is -0.552. The number of aliphatic hydroxyl groups excluding tert-OH is 1. The van der Waals surface area contributed by atoms with Gasteiger partial charge in [0.15, 0.2) is 5.79 Å². The van der Waals surface area contributed by atoms with Gasteiger partial charge in [0.25, 0.3) is 8.32 Å². The summed E-state index contributed by atoms with van der Waals surface area (Å²) in [5.41, 5.74) is 0. The van der Waals surface area contributed by atoms with Crippen LogP contribution in [0.2, 0.25) is 5.04 Å². The second-order valence-electron chi connectivity index (χ2n) is 11.5. The van der Waals surface area contributed by atoms with Crippen molar-refractivity contribution in [3.8, 4) is 0 Å². The second kappa shape index (κ2) is 8.82. The van der Waals surface area contributed by atoms with Gasteiger partial charge in [0.2, 0.25) is 5.91 Å². The number of benzene rings is 2. The lowest BCUT2D eigenvalue weighted by Crippen LogP contribution is -2.67. The van der Waals surface area contributed by atoms with E-state index in [0.717, 1.165) is 0 Å². The molecule has 3 aliphatic heterocycles. The third kappa shape index (κ3) is 4.07. The molecule has 3 saturated heterocycles. The average Bonchev–Trinajstić information content (AvgIpc) is 3.28. The molecule has 1 amide bonds. The molecule has 5 rings (SSSR count). The first-order chi connectivity index (χ1) is 16.6. The van der Waals surface area contributed by atoms with E-state index in [0.29, 0.717) is 19.4 Å². The lowest BCUT2D eigenvalue weighted by molar-refractivity contribution is -0.185. The van der Waals surface area contributed by atoms with Crippen LogP contribution in [-0.2, 0) is 18.7 Å². The van der Waals surface area contributed by atoms with Crippen LogP contribution in [0.3, 0.4) is 0 Å². The van der Waals surface area contributed by atoms with Crippen molar-refractivity contribution >= 4 is 24.6 Å². The van der Waals surface area contributed by atoms with E-state index in [1.807, 2.05) is 30.9 Å². The molecule has 0 saturated carbocycles. The Balaban J connectivity index is 1.56. The van der Waals surface area contributed by atoms with Crippen LogP contribution < -0.4 is 10.4 Å². The summed E-state index contributed by atoms with van der Waals surface area (Å²) in [5.74, 6) is -0.729. The second-order valence-corrected chi connectivity index (χ2v) is 15.8. The van der Waals surface area contributed by atoms with Gasteiger partial charge < -0.3 is 23.9 Å². The van der Waals surface area contributed by atoms with Gasteiger partial charge >= 0.3 is 0 Å². The molecule has 2 aromatic carbocycles. The SMILES string of the molecule is CC1(C)O[C@@H]2[C@H](O1)[C@H]1[C@H](O)CCC(=O)N1[C@H]2CO[Si](c1ccccc1)(c1ccccc1)C(C)(C)C. The third-order valence-corrected chi connectivity index (χ3v) is 12.8. The molecule has 1 N–H and O–H groups in total. The number of nitrogens with zero attached hydrogens (tertiary/aromatic N) is 1. The number of carbonyl (C=O) groups is 1. The van der Waals surface area contributed by atoms with Gasteiger partial charge in [0, 0.05) is 6.42 Å². The number of hydrogen-bond acceptors (Lipinski definition) is 5. The highest BCUT2D eigenvalue weighted by molar-refractivity contribution is 6.99. The molecule has 0 spiro atoms. The number of rotatable bonds is 5. The van der Waals surface area contributed by atoms with E-state index in [9.17, 15) is 9.90 Å². The molecule has 35 heavy (non-hydrogen) atoms. The maximum absolute atomic E-state index is 13.1. The molecule has 6 nitrogen and oxygen atoms in total. The van der Waals surface area contributed by atoms with Crippen LogP contribution in [0.5, 0.6) is 0 Å². The van der Waals surface area contributed by atoms with Crippen LogP contribution in [-0.4, -0.2) is 67.0 Å². The highest BCUT2D eigenvalue weighted by atomic mass is 28.4. The number of hydrogen-bond donors (Lipinski definition) is 1. The van der Waals surface area contributed by atoms with Crippen molar-refractivity contribution < 1.29 is 23.8 Å². The molecular weight excluding hydrogens is 458 g/mol. The van der Waals surface area contributed by atoms with Crippen LogP contribution in [0.25, 0.3) is 0 Å². The van der Waals surface area contributed by atoms with Gasteiger partial charge in [0.1, 0.15) is 12.2 Å². The molecule has 2 aromatic rings. The first-order valence-electron chi connectivity index (χ1n) is 12.6. The quantitative estimate of drug-likeness (QED) is 0.646. The first-order valence-corrected chi connectivity index (χ1v) is 14.6. The number of carbonyl (C=O) groups excluding carboxylic acids is 1. The topological polar surface area (TPSA) is 68.2 Å². The largest absolute Gasteiger partial charge is 0.405 e. The van der Waals surface area contributed by atoms with Crippen LogP contribution >= 0.6 is 0 Å². The van der Waals surface area contributed by atoms with Crippen LogP contribution in [0.15, 0.2) is 60.7 Å². The Kier molecular flexibility index (Phi) is 6.21. The standard InChI is InChI=1S/C28H37NO5Si/c1-27(2,3)35(19-12-8-6-9-13-19,20-14-10-7-11-15-20)32-18-21-25-26(34-28(4,5)33-25)24-22(30)16-17-23(31)29(21)24/h6-15,21-22,24-26,30H,16-18H2,1-5H3/t21-,22+,24+,25-,26+/m0/s1.